The molecule has 3 aliphatic rings. The quantitative estimate of drug-likeness (QED) is 0.249. The maximum absolute atomic E-state index is 14.9. The number of anilines is 1. The van der Waals surface area contributed by atoms with Gasteiger partial charge < -0.3 is 19.6 Å². The lowest BCUT2D eigenvalue weighted by Crippen LogP contribution is -2.56. The first kappa shape index (κ1) is 28.9. The van der Waals surface area contributed by atoms with Crippen LogP contribution in [0.2, 0.25) is 0 Å². The Balaban J connectivity index is 1.69. The second-order valence-electron chi connectivity index (χ2n) is 10.8. The van der Waals surface area contributed by atoms with E-state index in [4.69, 9.17) is 4.74 Å². The summed E-state index contributed by atoms with van der Waals surface area (Å²) in [7, 11) is 0. The first-order chi connectivity index (χ1) is 19.2. The van der Waals surface area contributed by atoms with Crippen molar-refractivity contribution in [2.24, 2.45) is 11.8 Å². The molecule has 7 atom stereocenters. The number of benzene rings is 2. The molecule has 0 aliphatic carbocycles. The average molecular weight is 628 g/mol. The van der Waals surface area contributed by atoms with Gasteiger partial charge in [0.05, 0.1) is 35.8 Å². The molecule has 3 heterocycles. The molecule has 7 nitrogen and oxygen atoms in total. The standard InChI is InChI=1S/C31H35BrN2O5S/c1-5-14-33(22-15-18(3)12-13-19(22)4)29(37)27-31-16-21(32)26(40-31)24(30(38)39-6-2)25(31)28(36)34(27)23(17-35)20-10-8-7-9-11-20/h5,7-13,15,21,23-27,35H,1,6,14,16-17H2,2-4H3/t21?,23-,24-,25+,26-,27?,31?/m1/s1. The minimum atomic E-state index is -0.906. The van der Waals surface area contributed by atoms with Crippen molar-refractivity contribution in [1.29, 1.82) is 0 Å². The monoisotopic (exact) mass is 626 g/mol. The number of nitrogens with zero attached hydrogens (tertiary/aromatic N) is 2. The molecule has 2 bridgehead atoms. The van der Waals surface area contributed by atoms with Crippen LogP contribution in [0.1, 0.15) is 36.1 Å². The molecule has 3 fully saturated rings. The lowest BCUT2D eigenvalue weighted by atomic mass is 9.71. The number of rotatable bonds is 9. The molecule has 3 saturated heterocycles. The number of aliphatic hydroxyl groups is 1. The highest BCUT2D eigenvalue weighted by Gasteiger charge is 2.76. The van der Waals surface area contributed by atoms with Crippen molar-refractivity contribution in [3.63, 3.8) is 0 Å². The van der Waals surface area contributed by atoms with Crippen molar-refractivity contribution < 1.29 is 24.2 Å². The second-order valence-corrected chi connectivity index (χ2v) is 13.5. The Morgan fingerprint density at radius 2 is 2.00 bits per heavy atom. The highest BCUT2D eigenvalue weighted by molar-refractivity contribution is 9.09. The summed E-state index contributed by atoms with van der Waals surface area (Å²) >= 11 is 5.35. The highest BCUT2D eigenvalue weighted by atomic mass is 79.9. The molecule has 2 amide bonds. The molecular weight excluding hydrogens is 592 g/mol. The molecule has 2 aromatic carbocycles. The summed E-state index contributed by atoms with van der Waals surface area (Å²) in [5.74, 6) is -2.34. The van der Waals surface area contributed by atoms with Crippen LogP contribution >= 0.6 is 27.7 Å². The highest BCUT2D eigenvalue weighted by Crippen LogP contribution is 2.68. The van der Waals surface area contributed by atoms with E-state index in [0.29, 0.717) is 6.42 Å². The van der Waals surface area contributed by atoms with Crippen LogP contribution in [0.5, 0.6) is 0 Å². The molecule has 5 rings (SSSR count). The fourth-order valence-electron chi connectivity index (χ4n) is 6.81. The summed E-state index contributed by atoms with van der Waals surface area (Å²) in [4.78, 5) is 45.9. The number of carbonyl (C=O) groups is 3. The number of hydrogen-bond donors (Lipinski definition) is 1. The van der Waals surface area contributed by atoms with Gasteiger partial charge >= 0.3 is 5.97 Å². The van der Waals surface area contributed by atoms with Crippen LogP contribution in [-0.4, -0.2) is 68.4 Å². The van der Waals surface area contributed by atoms with Gasteiger partial charge in [0.1, 0.15) is 6.04 Å². The molecule has 0 aromatic heterocycles. The van der Waals surface area contributed by atoms with E-state index in [2.05, 4.69) is 22.5 Å². The zero-order valence-electron chi connectivity index (χ0n) is 23.0. The summed E-state index contributed by atoms with van der Waals surface area (Å²) in [6, 6.07) is 13.6. The number of amides is 2. The molecular formula is C31H35BrN2O5S. The van der Waals surface area contributed by atoms with E-state index < -0.39 is 34.6 Å². The number of carbonyl (C=O) groups excluding carboxylic acids is 3. The first-order valence-corrected chi connectivity index (χ1v) is 15.5. The minimum absolute atomic E-state index is 0.0657. The van der Waals surface area contributed by atoms with Gasteiger partial charge in [0, 0.05) is 22.3 Å². The molecule has 2 aromatic rings. The predicted octanol–water partition coefficient (Wildman–Crippen LogP) is 4.58. The number of esters is 1. The van der Waals surface area contributed by atoms with Gasteiger partial charge in [-0.1, -0.05) is 64.5 Å². The van der Waals surface area contributed by atoms with Gasteiger partial charge in [-0.3, -0.25) is 14.4 Å². The van der Waals surface area contributed by atoms with Gasteiger partial charge in [-0.2, -0.15) is 0 Å². The number of halogens is 1. The van der Waals surface area contributed by atoms with Gasteiger partial charge in [-0.15, -0.1) is 18.3 Å². The third kappa shape index (κ3) is 4.50. The normalized spacial score (nSPS) is 29.3. The van der Waals surface area contributed by atoms with E-state index in [9.17, 15) is 19.5 Å². The number of fused-ring (bicyclic) bond motifs is 1. The summed E-state index contributed by atoms with van der Waals surface area (Å²) < 4.78 is 4.61. The Hall–Kier alpha value is -2.62. The minimum Gasteiger partial charge on any atom is -0.466 e. The van der Waals surface area contributed by atoms with Crippen LogP contribution in [0.4, 0.5) is 5.69 Å². The molecule has 0 saturated carbocycles. The summed E-state index contributed by atoms with van der Waals surface area (Å²) in [6.45, 7) is 9.71. The van der Waals surface area contributed by atoms with Crippen LogP contribution in [0, 0.1) is 25.7 Å². The van der Waals surface area contributed by atoms with Gasteiger partial charge in [0.25, 0.3) is 5.91 Å². The number of hydrogen-bond acceptors (Lipinski definition) is 6. The Morgan fingerprint density at radius 3 is 2.65 bits per heavy atom. The van der Waals surface area contributed by atoms with Crippen LogP contribution in [-0.2, 0) is 19.1 Å². The SMILES string of the molecule is C=CCN(C(=O)C1N([C@H](CO)c2ccccc2)C(=O)[C@@H]2[C@@H](C(=O)OCC)[C@@H]3SC12CC3Br)c1cc(C)ccc1C. The largest absolute Gasteiger partial charge is 0.466 e. The lowest BCUT2D eigenvalue weighted by Gasteiger charge is -2.40. The summed E-state index contributed by atoms with van der Waals surface area (Å²) in [6.07, 6.45) is 2.23. The Morgan fingerprint density at radius 1 is 1.27 bits per heavy atom. The first-order valence-electron chi connectivity index (χ1n) is 13.7. The Labute approximate surface area is 248 Å². The van der Waals surface area contributed by atoms with Crippen LogP contribution in [0.3, 0.4) is 0 Å². The van der Waals surface area contributed by atoms with E-state index >= 15 is 0 Å². The third-order valence-electron chi connectivity index (χ3n) is 8.45. The molecule has 212 valence electrons. The fraction of sp³-hybridized carbons (Fsp3) is 0.452. The van der Waals surface area contributed by atoms with Crippen molar-refractivity contribution in [3.8, 4) is 0 Å². The van der Waals surface area contributed by atoms with E-state index in [1.165, 1.54) is 0 Å². The predicted molar refractivity (Wildman–Crippen MR) is 160 cm³/mol. The van der Waals surface area contributed by atoms with E-state index in [-0.39, 0.29) is 41.6 Å². The maximum atomic E-state index is 14.9. The molecule has 0 radical (unpaired) electrons. The Kier molecular flexibility index (Phi) is 8.19. The van der Waals surface area contributed by atoms with Crippen LogP contribution in [0.15, 0.2) is 61.2 Å². The number of thioether (sulfide) groups is 1. The number of alkyl halides is 1. The second kappa shape index (κ2) is 11.3. The van der Waals surface area contributed by atoms with E-state index in [1.54, 1.807) is 34.6 Å². The summed E-state index contributed by atoms with van der Waals surface area (Å²) in [5.41, 5.74) is 3.43. The average Bonchev–Trinajstić information content (AvgIpc) is 3.53. The summed E-state index contributed by atoms with van der Waals surface area (Å²) in [5, 5.41) is 10.5. The van der Waals surface area contributed by atoms with Crippen molar-refractivity contribution in [3.05, 3.63) is 77.9 Å². The fourth-order valence-corrected chi connectivity index (χ4v) is 10.4. The van der Waals surface area contributed by atoms with Crippen LogP contribution < -0.4 is 4.90 Å². The van der Waals surface area contributed by atoms with Crippen molar-refractivity contribution in [1.82, 2.24) is 4.90 Å². The van der Waals surface area contributed by atoms with E-state index in [1.807, 2.05) is 62.4 Å². The number of likely N-dealkylation sites (tertiary alicyclic amines) is 1. The molecule has 3 unspecified atom stereocenters. The topological polar surface area (TPSA) is 87.2 Å². The number of aliphatic hydroxyl groups excluding tert-OH is 1. The van der Waals surface area contributed by atoms with Gasteiger partial charge in [0.15, 0.2) is 0 Å². The van der Waals surface area contributed by atoms with Gasteiger partial charge in [-0.05, 0) is 49.9 Å². The molecule has 1 spiro atoms. The zero-order valence-corrected chi connectivity index (χ0v) is 25.4. The van der Waals surface area contributed by atoms with Gasteiger partial charge in [-0.25, -0.2) is 0 Å². The van der Waals surface area contributed by atoms with Crippen molar-refractivity contribution in [2.45, 2.75) is 54.1 Å². The molecule has 1 N–H and O–H groups in total. The lowest BCUT2D eigenvalue weighted by molar-refractivity contribution is -0.154. The van der Waals surface area contributed by atoms with Crippen molar-refractivity contribution >= 4 is 51.2 Å². The molecule has 9 heteroatoms. The van der Waals surface area contributed by atoms with Gasteiger partial charge in [0.2, 0.25) is 5.91 Å². The molecule has 40 heavy (non-hydrogen) atoms. The molecule has 3 aliphatic heterocycles. The smallest absolute Gasteiger partial charge is 0.310 e. The van der Waals surface area contributed by atoms with Crippen LogP contribution in [0.25, 0.3) is 0 Å². The zero-order chi connectivity index (χ0) is 28.8. The number of aryl methyl sites for hydroxylation is 2. The van der Waals surface area contributed by atoms with E-state index in [0.717, 1.165) is 22.4 Å². The Bertz CT molecular complexity index is 1320. The maximum Gasteiger partial charge on any atom is 0.310 e. The van der Waals surface area contributed by atoms with Crippen molar-refractivity contribution in [2.75, 3.05) is 24.7 Å². The third-order valence-corrected chi connectivity index (χ3v) is 11.7. The number of ether oxygens (including phenoxy) is 1.